The van der Waals surface area contributed by atoms with Crippen LogP contribution < -0.4 is 5.32 Å². The third-order valence-corrected chi connectivity index (χ3v) is 4.03. The van der Waals surface area contributed by atoms with Crippen LogP contribution in [0, 0.1) is 13.8 Å². The first-order chi connectivity index (χ1) is 8.40. The first-order valence-corrected chi connectivity index (χ1v) is 6.78. The van der Waals surface area contributed by atoms with Crippen LogP contribution in [0.2, 0.25) is 0 Å². The molecule has 0 aromatic carbocycles. The molecule has 2 amide bonds. The molecule has 0 spiro atoms. The fourth-order valence-electron chi connectivity index (χ4n) is 1.99. The number of thiazole rings is 1. The molecule has 0 saturated carbocycles. The van der Waals surface area contributed by atoms with Crippen LogP contribution in [0.15, 0.2) is 0 Å². The zero-order valence-corrected chi connectivity index (χ0v) is 11.8. The summed E-state index contributed by atoms with van der Waals surface area (Å²) in [7, 11) is 0. The molecule has 1 aliphatic rings. The third kappa shape index (κ3) is 2.25. The highest BCUT2D eigenvalue weighted by atomic mass is 32.1. The minimum absolute atomic E-state index is 0.0865. The van der Waals surface area contributed by atoms with Gasteiger partial charge in [0.15, 0.2) is 5.13 Å². The number of aromatic nitrogens is 1. The Hall–Kier alpha value is -1.43. The molecule has 1 unspecified atom stereocenters. The molecule has 1 aromatic rings. The summed E-state index contributed by atoms with van der Waals surface area (Å²) in [6, 6.07) is -0.554. The zero-order chi connectivity index (χ0) is 13.4. The lowest BCUT2D eigenvalue weighted by molar-refractivity contribution is -0.140. The Kier molecular flexibility index (Phi) is 3.38. The predicted octanol–water partition coefficient (Wildman–Crippen LogP) is 1.71. The molecule has 2 rings (SSSR count). The Balaban J connectivity index is 2.12. The highest BCUT2D eigenvalue weighted by molar-refractivity contribution is 7.15. The van der Waals surface area contributed by atoms with E-state index in [1.165, 1.54) is 16.2 Å². The maximum atomic E-state index is 12.1. The Morgan fingerprint density at radius 1 is 1.39 bits per heavy atom. The van der Waals surface area contributed by atoms with E-state index in [0.29, 0.717) is 5.13 Å². The second-order valence-electron chi connectivity index (χ2n) is 4.76. The lowest BCUT2D eigenvalue weighted by atomic mass is 10.2. The SMILES string of the molecule is Cc1nc(NC2CC(=O)N(C(C)C)C2=O)sc1C. The van der Waals surface area contributed by atoms with E-state index in [4.69, 9.17) is 0 Å². The molecule has 98 valence electrons. The molecular weight excluding hydrogens is 250 g/mol. The number of carbonyl (C=O) groups is 2. The zero-order valence-electron chi connectivity index (χ0n) is 11.0. The van der Waals surface area contributed by atoms with Gasteiger partial charge in [-0.05, 0) is 27.7 Å². The van der Waals surface area contributed by atoms with Gasteiger partial charge in [0.1, 0.15) is 6.04 Å². The highest BCUT2D eigenvalue weighted by Crippen LogP contribution is 2.25. The number of imide groups is 1. The summed E-state index contributed by atoms with van der Waals surface area (Å²) in [5.41, 5.74) is 0.958. The van der Waals surface area contributed by atoms with Gasteiger partial charge in [-0.3, -0.25) is 14.5 Å². The Bertz CT molecular complexity index is 476. The van der Waals surface area contributed by atoms with Crippen LogP contribution in [0.5, 0.6) is 0 Å². The predicted molar refractivity (Wildman–Crippen MR) is 70.6 cm³/mol. The number of nitrogens with zero attached hydrogens (tertiary/aromatic N) is 2. The molecule has 18 heavy (non-hydrogen) atoms. The molecule has 5 nitrogen and oxygen atoms in total. The lowest BCUT2D eigenvalue weighted by Gasteiger charge is -2.18. The highest BCUT2D eigenvalue weighted by Gasteiger charge is 2.40. The van der Waals surface area contributed by atoms with Gasteiger partial charge in [-0.1, -0.05) is 0 Å². The summed E-state index contributed by atoms with van der Waals surface area (Å²) in [5, 5.41) is 3.77. The number of carbonyl (C=O) groups excluding carboxylic acids is 2. The van der Waals surface area contributed by atoms with E-state index in [2.05, 4.69) is 10.3 Å². The minimum Gasteiger partial charge on any atom is -0.349 e. The average Bonchev–Trinajstić information content (AvgIpc) is 2.69. The monoisotopic (exact) mass is 267 g/mol. The fraction of sp³-hybridized carbons (Fsp3) is 0.583. The van der Waals surface area contributed by atoms with Crippen molar-refractivity contribution in [3.63, 3.8) is 0 Å². The van der Waals surface area contributed by atoms with Gasteiger partial charge >= 0.3 is 0 Å². The minimum atomic E-state index is -0.468. The van der Waals surface area contributed by atoms with E-state index >= 15 is 0 Å². The van der Waals surface area contributed by atoms with Crippen LogP contribution in [0.4, 0.5) is 5.13 Å². The molecular formula is C12H17N3O2S. The summed E-state index contributed by atoms with van der Waals surface area (Å²) in [4.78, 5) is 30.6. The van der Waals surface area contributed by atoms with Crippen LogP contribution in [0.1, 0.15) is 30.8 Å². The first-order valence-electron chi connectivity index (χ1n) is 5.96. The summed E-state index contributed by atoms with van der Waals surface area (Å²) in [6.45, 7) is 7.60. The maximum absolute atomic E-state index is 12.1. The van der Waals surface area contributed by atoms with Crippen molar-refractivity contribution in [1.82, 2.24) is 9.88 Å². The van der Waals surface area contributed by atoms with E-state index in [9.17, 15) is 9.59 Å². The second-order valence-corrected chi connectivity index (χ2v) is 5.96. The van der Waals surface area contributed by atoms with Gasteiger partial charge in [-0.2, -0.15) is 0 Å². The average molecular weight is 267 g/mol. The molecule has 1 N–H and O–H groups in total. The standard InChI is InChI=1S/C12H17N3O2S/c1-6(2)15-10(16)5-9(11(15)17)14-12-13-7(3)8(4)18-12/h6,9H,5H2,1-4H3,(H,13,14). The molecule has 1 fully saturated rings. The number of nitrogens with one attached hydrogen (secondary N) is 1. The van der Waals surface area contributed by atoms with Gasteiger partial charge < -0.3 is 5.32 Å². The summed E-state index contributed by atoms with van der Waals surface area (Å²) < 4.78 is 0. The number of hydrogen-bond donors (Lipinski definition) is 1. The lowest BCUT2D eigenvalue weighted by Crippen LogP contribution is -2.39. The van der Waals surface area contributed by atoms with Crippen LogP contribution >= 0.6 is 11.3 Å². The number of anilines is 1. The van der Waals surface area contributed by atoms with Crippen molar-refractivity contribution in [3.8, 4) is 0 Å². The van der Waals surface area contributed by atoms with Gasteiger partial charge in [0.05, 0.1) is 12.1 Å². The molecule has 1 aliphatic heterocycles. The molecule has 2 heterocycles. The Morgan fingerprint density at radius 2 is 2.06 bits per heavy atom. The topological polar surface area (TPSA) is 62.3 Å². The van der Waals surface area contributed by atoms with E-state index in [1.807, 2.05) is 27.7 Å². The number of hydrogen-bond acceptors (Lipinski definition) is 5. The van der Waals surface area contributed by atoms with Crippen LogP contribution in [-0.2, 0) is 9.59 Å². The molecule has 6 heteroatoms. The second kappa shape index (κ2) is 4.68. The van der Waals surface area contributed by atoms with Gasteiger partial charge in [-0.15, -0.1) is 11.3 Å². The van der Waals surface area contributed by atoms with Crippen molar-refractivity contribution >= 4 is 28.3 Å². The number of rotatable bonds is 3. The number of aryl methyl sites for hydroxylation is 2. The van der Waals surface area contributed by atoms with Crippen molar-refractivity contribution in [2.45, 2.75) is 46.2 Å². The molecule has 1 aromatic heterocycles. The van der Waals surface area contributed by atoms with Gasteiger partial charge in [0, 0.05) is 10.9 Å². The van der Waals surface area contributed by atoms with Crippen molar-refractivity contribution < 1.29 is 9.59 Å². The third-order valence-electron chi connectivity index (χ3n) is 3.03. The Morgan fingerprint density at radius 3 is 2.50 bits per heavy atom. The van der Waals surface area contributed by atoms with Crippen LogP contribution in [0.3, 0.4) is 0 Å². The molecule has 1 atom stereocenters. The number of likely N-dealkylation sites (tertiary alicyclic amines) is 1. The van der Waals surface area contributed by atoms with Gasteiger partial charge in [-0.25, -0.2) is 4.98 Å². The smallest absolute Gasteiger partial charge is 0.252 e. The van der Waals surface area contributed by atoms with Crippen LogP contribution in [-0.4, -0.2) is 33.8 Å². The van der Waals surface area contributed by atoms with Crippen molar-refractivity contribution in [2.24, 2.45) is 0 Å². The van der Waals surface area contributed by atoms with E-state index in [-0.39, 0.29) is 24.3 Å². The number of amides is 2. The summed E-state index contributed by atoms with van der Waals surface area (Å²) in [5.74, 6) is -0.266. The fourth-order valence-corrected chi connectivity index (χ4v) is 2.86. The summed E-state index contributed by atoms with van der Waals surface area (Å²) >= 11 is 1.51. The normalized spacial score (nSPS) is 20.1. The van der Waals surface area contributed by atoms with Crippen molar-refractivity contribution in [1.29, 1.82) is 0 Å². The van der Waals surface area contributed by atoms with Crippen molar-refractivity contribution in [2.75, 3.05) is 5.32 Å². The maximum Gasteiger partial charge on any atom is 0.252 e. The molecule has 0 bridgehead atoms. The van der Waals surface area contributed by atoms with Crippen LogP contribution in [0.25, 0.3) is 0 Å². The molecule has 0 radical (unpaired) electrons. The Labute approximate surface area is 110 Å². The van der Waals surface area contributed by atoms with Gasteiger partial charge in [0.2, 0.25) is 5.91 Å². The first kappa shape index (κ1) is 13.0. The van der Waals surface area contributed by atoms with E-state index in [1.54, 1.807) is 0 Å². The van der Waals surface area contributed by atoms with E-state index in [0.717, 1.165) is 10.6 Å². The quantitative estimate of drug-likeness (QED) is 0.847. The molecule has 0 aliphatic carbocycles. The largest absolute Gasteiger partial charge is 0.349 e. The van der Waals surface area contributed by atoms with Crippen molar-refractivity contribution in [3.05, 3.63) is 10.6 Å². The molecule has 1 saturated heterocycles. The van der Waals surface area contributed by atoms with E-state index < -0.39 is 6.04 Å². The van der Waals surface area contributed by atoms with Gasteiger partial charge in [0.25, 0.3) is 5.91 Å². The summed E-state index contributed by atoms with van der Waals surface area (Å²) in [6.07, 6.45) is 0.217.